The molecule has 6 aromatic carbocycles. The normalized spacial score (nSPS) is 15.1. The molecular weight excluding hydrogens is 705 g/mol. The molecule has 0 spiro atoms. The zero-order valence-corrected chi connectivity index (χ0v) is 33.1. The third kappa shape index (κ3) is 5.27. The first-order chi connectivity index (χ1) is 28.8. The van der Waals surface area contributed by atoms with Gasteiger partial charge in [-0.25, -0.2) is 0 Å². The molecule has 0 amide bonds. The topological polar surface area (TPSA) is 18.0 Å². The van der Waals surface area contributed by atoms with Gasteiger partial charge in [0, 0.05) is 67.4 Å². The summed E-state index contributed by atoms with van der Waals surface area (Å²) >= 11 is 0. The van der Waals surface area contributed by atoms with Gasteiger partial charge in [0.25, 0.3) is 0 Å². The number of nitrogens with zero attached hydrogens (tertiary/aromatic N) is 4. The van der Waals surface area contributed by atoms with Crippen molar-refractivity contribution in [2.24, 2.45) is 0 Å². The van der Waals surface area contributed by atoms with Gasteiger partial charge in [0.2, 0.25) is 0 Å². The van der Waals surface area contributed by atoms with Gasteiger partial charge >= 0.3 is 0 Å². The molecule has 3 aromatic heterocycles. The Labute approximate surface area is 340 Å². The summed E-state index contributed by atoms with van der Waals surface area (Å²) in [7, 11) is 0. The largest absolute Gasteiger partial charge is 0.313 e. The summed E-state index contributed by atoms with van der Waals surface area (Å²) in [5.41, 5.74) is 20.2. The molecule has 0 saturated heterocycles. The Hall–Kier alpha value is -6.26. The Bertz CT molecular complexity index is 2660. The number of para-hydroxylation sites is 3. The van der Waals surface area contributed by atoms with Crippen molar-refractivity contribution in [3.63, 3.8) is 0 Å². The molecule has 3 aliphatic rings. The van der Waals surface area contributed by atoms with Gasteiger partial charge in [-0.15, -0.1) is 0 Å². The fourth-order valence-electron chi connectivity index (χ4n) is 11.1. The molecule has 4 nitrogen and oxygen atoms in total. The van der Waals surface area contributed by atoms with Crippen molar-refractivity contribution in [2.75, 3.05) is 4.90 Å². The highest BCUT2D eigenvalue weighted by atomic mass is 15.1. The Morgan fingerprint density at radius 3 is 0.879 bits per heavy atom. The molecule has 4 heteroatoms. The van der Waals surface area contributed by atoms with E-state index in [-0.39, 0.29) is 0 Å². The van der Waals surface area contributed by atoms with Crippen LogP contribution in [0.15, 0.2) is 146 Å². The van der Waals surface area contributed by atoms with Crippen LogP contribution in [0.4, 0.5) is 17.1 Å². The predicted octanol–water partition coefficient (Wildman–Crippen LogP) is 13.6. The van der Waals surface area contributed by atoms with E-state index in [0.717, 1.165) is 36.3 Å². The lowest BCUT2D eigenvalue weighted by Gasteiger charge is -2.27. The zero-order chi connectivity index (χ0) is 38.2. The molecule has 0 N–H and O–H groups in total. The molecule has 0 atom stereocenters. The van der Waals surface area contributed by atoms with E-state index in [0.29, 0.717) is 0 Å². The van der Waals surface area contributed by atoms with E-state index in [4.69, 9.17) is 0 Å². The molecule has 0 radical (unpaired) electrons. The van der Waals surface area contributed by atoms with Crippen LogP contribution in [0.2, 0.25) is 0 Å². The lowest BCUT2D eigenvalue weighted by molar-refractivity contribution is 0.667. The van der Waals surface area contributed by atoms with Gasteiger partial charge < -0.3 is 18.6 Å². The van der Waals surface area contributed by atoms with Crippen molar-refractivity contribution >= 4 is 49.8 Å². The highest BCUT2D eigenvalue weighted by molar-refractivity contribution is 5.90. The number of fused-ring (bicyclic) bond motifs is 9. The number of anilines is 3. The molecule has 58 heavy (non-hydrogen) atoms. The van der Waals surface area contributed by atoms with Crippen molar-refractivity contribution in [3.05, 3.63) is 179 Å². The van der Waals surface area contributed by atoms with Crippen LogP contribution in [0.3, 0.4) is 0 Å². The number of aromatic nitrogens is 3. The summed E-state index contributed by atoms with van der Waals surface area (Å²) in [6.07, 6.45) is 14.5. The third-order valence-electron chi connectivity index (χ3n) is 13.6. The molecule has 9 aromatic rings. The molecule has 12 rings (SSSR count). The maximum atomic E-state index is 2.53. The fraction of sp³-hybridized carbons (Fsp3) is 0.222. The summed E-state index contributed by atoms with van der Waals surface area (Å²) in [6.45, 7) is 0. The van der Waals surface area contributed by atoms with Crippen molar-refractivity contribution < 1.29 is 0 Å². The van der Waals surface area contributed by atoms with Crippen LogP contribution in [-0.4, -0.2) is 13.7 Å². The van der Waals surface area contributed by atoms with Gasteiger partial charge in [0.15, 0.2) is 0 Å². The van der Waals surface area contributed by atoms with Gasteiger partial charge in [-0.3, -0.25) is 0 Å². The number of hydrogen-bond donors (Lipinski definition) is 0. The van der Waals surface area contributed by atoms with Gasteiger partial charge in [-0.05, 0) is 185 Å². The van der Waals surface area contributed by atoms with E-state index in [2.05, 4.69) is 164 Å². The van der Waals surface area contributed by atoms with Crippen LogP contribution in [0.5, 0.6) is 0 Å². The van der Waals surface area contributed by atoms with Crippen molar-refractivity contribution in [3.8, 4) is 17.1 Å². The quantitative estimate of drug-likeness (QED) is 0.165. The maximum absolute atomic E-state index is 2.53. The molecule has 0 fully saturated rings. The molecule has 0 aliphatic heterocycles. The number of aryl methyl sites for hydroxylation is 3. The van der Waals surface area contributed by atoms with Crippen LogP contribution in [-0.2, 0) is 38.5 Å². The van der Waals surface area contributed by atoms with Gasteiger partial charge in [-0.1, -0.05) is 54.6 Å². The molecule has 284 valence electrons. The Balaban J connectivity index is 0.972. The minimum atomic E-state index is 1.14. The highest BCUT2D eigenvalue weighted by Gasteiger charge is 2.24. The Morgan fingerprint density at radius 1 is 0.293 bits per heavy atom. The Morgan fingerprint density at radius 2 is 0.569 bits per heavy atom. The molecule has 0 bridgehead atoms. The van der Waals surface area contributed by atoms with E-state index in [9.17, 15) is 0 Å². The van der Waals surface area contributed by atoms with E-state index >= 15 is 0 Å². The third-order valence-corrected chi connectivity index (χ3v) is 13.6. The van der Waals surface area contributed by atoms with E-state index < -0.39 is 0 Å². The summed E-state index contributed by atoms with van der Waals surface area (Å²) < 4.78 is 7.60. The second kappa shape index (κ2) is 13.7. The smallest absolute Gasteiger partial charge is 0.0534 e. The first kappa shape index (κ1) is 33.8. The zero-order valence-electron chi connectivity index (χ0n) is 33.1. The lowest BCUT2D eigenvalue weighted by Crippen LogP contribution is -2.12. The molecule has 3 heterocycles. The highest BCUT2D eigenvalue weighted by Crippen LogP contribution is 2.41. The standard InChI is InChI=1S/C54H48N4/c1-7-19-49-43(13-1)44-14-2-8-20-50(44)56(49)40-31-25-37(26-32-40)55(38-27-33-41(34-28-38)57-51-21-9-3-15-45(51)46-16-4-10-22-52(46)57)39-29-35-42(36-30-39)58-53-23-11-5-17-47(53)48-18-6-12-24-54(48)58/h1,3,5,7,9,11,13,15,17,19,21,23,25-36H,2,4,6,8,10,12,14,16,18,20,22,24H2. The molecule has 3 aliphatic carbocycles. The number of benzene rings is 6. The van der Waals surface area contributed by atoms with Crippen molar-refractivity contribution in [1.29, 1.82) is 0 Å². The Kier molecular flexibility index (Phi) is 7.99. The predicted molar refractivity (Wildman–Crippen MR) is 242 cm³/mol. The summed E-state index contributed by atoms with van der Waals surface area (Å²) in [5.74, 6) is 0. The van der Waals surface area contributed by atoms with Crippen molar-refractivity contribution in [2.45, 2.75) is 77.0 Å². The molecule has 0 saturated carbocycles. The van der Waals surface area contributed by atoms with E-state index in [1.54, 1.807) is 16.7 Å². The number of hydrogen-bond acceptors (Lipinski definition) is 1. The van der Waals surface area contributed by atoms with Crippen LogP contribution in [0.25, 0.3) is 49.8 Å². The van der Waals surface area contributed by atoms with E-state index in [1.165, 1.54) is 125 Å². The van der Waals surface area contributed by atoms with Crippen molar-refractivity contribution in [1.82, 2.24) is 13.7 Å². The number of rotatable bonds is 6. The minimum absolute atomic E-state index is 1.14. The van der Waals surface area contributed by atoms with Crippen LogP contribution in [0, 0.1) is 0 Å². The molecular formula is C54H48N4. The fourth-order valence-corrected chi connectivity index (χ4v) is 11.1. The summed E-state index contributed by atoms with van der Waals surface area (Å²) in [6, 6.07) is 55.0. The second-order valence-corrected chi connectivity index (χ2v) is 16.8. The van der Waals surface area contributed by atoms with Gasteiger partial charge in [0.05, 0.1) is 16.6 Å². The summed E-state index contributed by atoms with van der Waals surface area (Å²) in [4.78, 5) is 2.44. The monoisotopic (exact) mass is 752 g/mol. The first-order valence-corrected chi connectivity index (χ1v) is 21.8. The minimum Gasteiger partial charge on any atom is -0.313 e. The average Bonchev–Trinajstić information content (AvgIpc) is 3.93. The SMILES string of the molecule is c1ccc2c(c1)c1c(n2-c2ccc(N(c3ccc(-n4c5c(c6ccccc64)CCCC5)cc3)c3ccc(-n4c5c(c6ccccc64)CCCC5)cc3)cc2)CCCC1. The second-order valence-electron chi connectivity index (χ2n) is 16.8. The lowest BCUT2D eigenvalue weighted by atomic mass is 9.95. The summed E-state index contributed by atoms with van der Waals surface area (Å²) in [5, 5.41) is 4.24. The average molecular weight is 753 g/mol. The molecule has 0 unspecified atom stereocenters. The van der Waals surface area contributed by atoms with Crippen LogP contribution >= 0.6 is 0 Å². The van der Waals surface area contributed by atoms with Crippen LogP contribution in [0.1, 0.15) is 72.3 Å². The first-order valence-electron chi connectivity index (χ1n) is 21.8. The maximum Gasteiger partial charge on any atom is 0.0534 e. The van der Waals surface area contributed by atoms with Gasteiger partial charge in [-0.2, -0.15) is 0 Å². The van der Waals surface area contributed by atoms with Crippen LogP contribution < -0.4 is 4.90 Å². The van der Waals surface area contributed by atoms with Gasteiger partial charge in [0.1, 0.15) is 0 Å². The van der Waals surface area contributed by atoms with E-state index in [1.807, 2.05) is 0 Å².